The first-order valence-corrected chi connectivity index (χ1v) is 32.3. The molecule has 1 atom stereocenters. The lowest BCUT2D eigenvalue weighted by molar-refractivity contribution is -0.167. The molecular weight excluding hydrogens is 973 g/mol. The first-order valence-electron chi connectivity index (χ1n) is 32.3. The predicted molar refractivity (Wildman–Crippen MR) is 343 cm³/mol. The van der Waals surface area contributed by atoms with Gasteiger partial charge in [0.15, 0.2) is 6.10 Å². The molecule has 0 N–H and O–H groups in total. The summed E-state index contributed by atoms with van der Waals surface area (Å²) >= 11 is 0. The van der Waals surface area contributed by atoms with Gasteiger partial charge in [-0.2, -0.15) is 0 Å². The van der Waals surface area contributed by atoms with E-state index < -0.39 is 6.10 Å². The molecule has 1 unspecified atom stereocenters. The van der Waals surface area contributed by atoms with Gasteiger partial charge in [-0.15, -0.1) is 0 Å². The van der Waals surface area contributed by atoms with E-state index in [1.165, 1.54) is 77.0 Å². The SMILES string of the molecule is CC/C=C\C/C=C\C/C=C\C/C=C\C/C=C\C/C=C\C/C=C\C/C=C\C/C=C\CCCCCCCCCC(=O)OCC(COC(=O)CCCCCCC)OC(=O)CCCCCCCC/C=C\C/C=C\C/C=C\CCCCCCC. The molecule has 6 nitrogen and oxygen atoms in total. The summed E-state index contributed by atoms with van der Waals surface area (Å²) < 4.78 is 16.7. The quantitative estimate of drug-likeness (QED) is 0.0261. The Bertz CT molecular complexity index is 1730. The van der Waals surface area contributed by atoms with Gasteiger partial charge in [-0.25, -0.2) is 0 Å². The lowest BCUT2D eigenvalue weighted by Gasteiger charge is -2.18. The van der Waals surface area contributed by atoms with Crippen LogP contribution in [0, 0.1) is 0 Å². The van der Waals surface area contributed by atoms with Gasteiger partial charge >= 0.3 is 17.9 Å². The van der Waals surface area contributed by atoms with Crippen LogP contribution < -0.4 is 0 Å². The molecule has 0 aromatic rings. The maximum atomic E-state index is 12.8. The van der Waals surface area contributed by atoms with Crippen LogP contribution in [0.4, 0.5) is 0 Å². The van der Waals surface area contributed by atoms with Crippen molar-refractivity contribution in [1.82, 2.24) is 0 Å². The molecule has 0 aliphatic carbocycles. The Labute approximate surface area is 487 Å². The van der Waals surface area contributed by atoms with E-state index in [0.717, 1.165) is 161 Å². The Balaban J connectivity index is 4.12. The second-order valence-corrected chi connectivity index (χ2v) is 20.9. The first-order chi connectivity index (χ1) is 39.0. The monoisotopic (exact) mass is 1090 g/mol. The van der Waals surface area contributed by atoms with E-state index in [-0.39, 0.29) is 31.1 Å². The Morgan fingerprint density at radius 2 is 0.494 bits per heavy atom. The normalized spacial score (nSPS) is 13.1. The average molecular weight is 1090 g/mol. The van der Waals surface area contributed by atoms with Crippen LogP contribution in [0.2, 0.25) is 0 Å². The standard InChI is InChI=1S/C73H118O6/c1-4-7-10-13-15-17-19-21-23-25-27-29-30-31-32-33-34-35-36-37-38-39-40-41-42-44-45-47-49-51-53-55-57-60-63-66-72(75)78-69-70(68-77-71(74)65-62-59-12-9-6-3)79-73(76)67-64-61-58-56-54-52-50-48-46-43-28-26-24-22-20-18-16-14-11-8-5-2/h7,10,15,17,20-23,26-29,31-32,34-35,37-38,40-41,44-46,48,70H,4-6,8-9,11-14,16,18-19,24-25,30,33,36,39,42-43,47,49-69H2,1-3H3/b10-7-,17-15-,22-20-,23-21-,28-26-,29-27-,32-31-,35-34-,38-37-,41-40-,45-44-,48-46-. The molecule has 0 aromatic carbocycles. The zero-order chi connectivity index (χ0) is 57.1. The number of unbranched alkanes of at least 4 members (excludes halogenated alkanes) is 22. The van der Waals surface area contributed by atoms with Crippen LogP contribution in [-0.4, -0.2) is 37.2 Å². The summed E-state index contributed by atoms with van der Waals surface area (Å²) in [5.74, 6) is -0.931. The number of hydrogen-bond acceptors (Lipinski definition) is 6. The molecule has 0 saturated heterocycles. The van der Waals surface area contributed by atoms with Gasteiger partial charge in [0.2, 0.25) is 0 Å². The third-order valence-corrected chi connectivity index (χ3v) is 13.3. The summed E-state index contributed by atoms with van der Waals surface area (Å²) in [6.07, 6.45) is 94.7. The van der Waals surface area contributed by atoms with Crippen molar-refractivity contribution in [1.29, 1.82) is 0 Å². The Morgan fingerprint density at radius 3 is 0.772 bits per heavy atom. The highest BCUT2D eigenvalue weighted by molar-refractivity contribution is 5.71. The van der Waals surface area contributed by atoms with Crippen LogP contribution in [0.3, 0.4) is 0 Å². The van der Waals surface area contributed by atoms with Crippen molar-refractivity contribution >= 4 is 17.9 Å². The number of carbonyl (C=O) groups is 3. The molecule has 0 spiro atoms. The zero-order valence-corrected chi connectivity index (χ0v) is 51.1. The Kier molecular flexibility index (Phi) is 61.9. The van der Waals surface area contributed by atoms with Crippen LogP contribution in [0.1, 0.15) is 278 Å². The minimum Gasteiger partial charge on any atom is -0.462 e. The van der Waals surface area contributed by atoms with Gasteiger partial charge in [0.1, 0.15) is 13.2 Å². The van der Waals surface area contributed by atoms with Gasteiger partial charge in [-0.1, -0.05) is 276 Å². The summed E-state index contributed by atoms with van der Waals surface area (Å²) in [7, 11) is 0. The minimum absolute atomic E-state index is 0.0911. The molecule has 0 aliphatic heterocycles. The zero-order valence-electron chi connectivity index (χ0n) is 51.1. The smallest absolute Gasteiger partial charge is 0.306 e. The lowest BCUT2D eigenvalue weighted by Crippen LogP contribution is -2.30. The van der Waals surface area contributed by atoms with E-state index in [2.05, 4.69) is 167 Å². The molecule has 6 heteroatoms. The summed E-state index contributed by atoms with van der Waals surface area (Å²) in [6, 6.07) is 0. The average Bonchev–Trinajstić information content (AvgIpc) is 3.45. The molecule has 0 aliphatic rings. The maximum Gasteiger partial charge on any atom is 0.306 e. The molecule has 79 heavy (non-hydrogen) atoms. The van der Waals surface area contributed by atoms with E-state index in [0.29, 0.717) is 19.3 Å². The van der Waals surface area contributed by atoms with Gasteiger partial charge in [0.05, 0.1) is 0 Å². The summed E-state index contributed by atoms with van der Waals surface area (Å²) in [5, 5.41) is 0. The van der Waals surface area contributed by atoms with Crippen molar-refractivity contribution in [2.24, 2.45) is 0 Å². The topological polar surface area (TPSA) is 78.9 Å². The third-order valence-electron chi connectivity index (χ3n) is 13.3. The highest BCUT2D eigenvalue weighted by atomic mass is 16.6. The molecular formula is C73H118O6. The molecule has 0 fully saturated rings. The number of hydrogen-bond donors (Lipinski definition) is 0. The van der Waals surface area contributed by atoms with Crippen molar-refractivity contribution in [3.8, 4) is 0 Å². The maximum absolute atomic E-state index is 12.8. The molecule has 0 heterocycles. The van der Waals surface area contributed by atoms with Crippen LogP contribution in [0.25, 0.3) is 0 Å². The van der Waals surface area contributed by atoms with E-state index in [1.807, 2.05) is 0 Å². The number of ether oxygens (including phenoxy) is 3. The molecule has 0 bridgehead atoms. The fraction of sp³-hybridized carbons (Fsp3) is 0.630. The van der Waals surface area contributed by atoms with Gasteiger partial charge in [-0.3, -0.25) is 14.4 Å². The van der Waals surface area contributed by atoms with Crippen molar-refractivity contribution in [2.75, 3.05) is 13.2 Å². The van der Waals surface area contributed by atoms with Crippen molar-refractivity contribution in [3.05, 3.63) is 146 Å². The van der Waals surface area contributed by atoms with E-state index in [4.69, 9.17) is 14.2 Å². The summed E-state index contributed by atoms with van der Waals surface area (Å²) in [5.41, 5.74) is 0. The molecule has 0 amide bonds. The van der Waals surface area contributed by atoms with Crippen LogP contribution in [-0.2, 0) is 28.6 Å². The van der Waals surface area contributed by atoms with Crippen LogP contribution >= 0.6 is 0 Å². The van der Waals surface area contributed by atoms with Gasteiger partial charge in [0.25, 0.3) is 0 Å². The van der Waals surface area contributed by atoms with E-state index in [9.17, 15) is 14.4 Å². The Hall–Kier alpha value is -4.71. The first kappa shape index (κ1) is 74.3. The molecule has 0 rings (SSSR count). The highest BCUT2D eigenvalue weighted by Gasteiger charge is 2.19. The largest absolute Gasteiger partial charge is 0.462 e. The second kappa shape index (κ2) is 65.8. The molecule has 0 saturated carbocycles. The Morgan fingerprint density at radius 1 is 0.266 bits per heavy atom. The van der Waals surface area contributed by atoms with E-state index in [1.54, 1.807) is 0 Å². The second-order valence-electron chi connectivity index (χ2n) is 20.9. The fourth-order valence-corrected chi connectivity index (χ4v) is 8.50. The number of rotatable bonds is 57. The number of carbonyl (C=O) groups excluding carboxylic acids is 3. The van der Waals surface area contributed by atoms with Gasteiger partial charge in [-0.05, 0) is 128 Å². The highest BCUT2D eigenvalue weighted by Crippen LogP contribution is 2.14. The third kappa shape index (κ3) is 64.0. The number of esters is 3. The summed E-state index contributed by atoms with van der Waals surface area (Å²) in [4.78, 5) is 37.9. The molecule has 446 valence electrons. The minimum atomic E-state index is -0.792. The van der Waals surface area contributed by atoms with Gasteiger partial charge in [0, 0.05) is 19.3 Å². The van der Waals surface area contributed by atoms with Crippen LogP contribution in [0.15, 0.2) is 146 Å². The van der Waals surface area contributed by atoms with Crippen molar-refractivity contribution in [2.45, 2.75) is 284 Å². The predicted octanol–water partition coefficient (Wildman–Crippen LogP) is 22.3. The van der Waals surface area contributed by atoms with Crippen LogP contribution in [0.5, 0.6) is 0 Å². The lowest BCUT2D eigenvalue weighted by atomic mass is 10.1. The fourth-order valence-electron chi connectivity index (χ4n) is 8.50. The van der Waals surface area contributed by atoms with Crippen molar-refractivity contribution in [3.63, 3.8) is 0 Å². The van der Waals surface area contributed by atoms with Crippen molar-refractivity contribution < 1.29 is 28.6 Å². The van der Waals surface area contributed by atoms with Gasteiger partial charge < -0.3 is 14.2 Å². The summed E-state index contributed by atoms with van der Waals surface area (Å²) in [6.45, 7) is 6.41. The molecule has 0 aromatic heterocycles. The number of allylic oxidation sites excluding steroid dienone is 24. The van der Waals surface area contributed by atoms with E-state index >= 15 is 0 Å². The molecule has 0 radical (unpaired) electrons.